The van der Waals surface area contributed by atoms with Crippen LogP contribution in [0.5, 0.6) is 0 Å². The van der Waals surface area contributed by atoms with E-state index in [1.165, 1.54) is 6.92 Å². The van der Waals surface area contributed by atoms with Crippen molar-refractivity contribution < 1.29 is 15.0 Å². The Morgan fingerprint density at radius 3 is 2.73 bits per heavy atom. The molecule has 0 aromatic carbocycles. The summed E-state index contributed by atoms with van der Waals surface area (Å²) in [5, 5.41) is 22.8. The number of aryl methyl sites for hydroxylation is 2. The molecule has 1 heterocycles. The molecule has 1 rings (SSSR count). The molecule has 0 spiro atoms. The van der Waals surface area contributed by atoms with Crippen LogP contribution in [0.4, 0.5) is 0 Å². The van der Waals surface area contributed by atoms with Gasteiger partial charge in [-0.15, -0.1) is 0 Å². The first-order valence-corrected chi connectivity index (χ1v) is 4.90. The summed E-state index contributed by atoms with van der Waals surface area (Å²) in [5.74, 6) is -1.83. The zero-order valence-electron chi connectivity index (χ0n) is 9.14. The lowest BCUT2D eigenvalue weighted by atomic mass is 9.97. The quantitative estimate of drug-likeness (QED) is 0.771. The molecular weight excluding hydrogens is 196 g/mol. The van der Waals surface area contributed by atoms with Crippen LogP contribution in [0.15, 0.2) is 6.20 Å². The summed E-state index contributed by atoms with van der Waals surface area (Å²) in [5.41, 5.74) is 1.35. The molecule has 2 atom stereocenters. The second kappa shape index (κ2) is 4.44. The summed E-state index contributed by atoms with van der Waals surface area (Å²) in [6, 6.07) is 0. The summed E-state index contributed by atoms with van der Waals surface area (Å²) < 4.78 is 1.59. The standard InChI is InChI=1S/C10H16N2O3/c1-4-8-7(5-12(3)11-8)9(13)6(2)10(14)15/h5-6,9,13H,4H2,1-3H3,(H,14,15). The van der Waals surface area contributed by atoms with E-state index in [4.69, 9.17) is 5.11 Å². The van der Waals surface area contributed by atoms with Gasteiger partial charge in [0.15, 0.2) is 0 Å². The van der Waals surface area contributed by atoms with E-state index >= 15 is 0 Å². The fourth-order valence-electron chi connectivity index (χ4n) is 1.48. The van der Waals surface area contributed by atoms with Crippen molar-refractivity contribution in [3.63, 3.8) is 0 Å². The first-order chi connectivity index (χ1) is 6.97. The molecule has 0 radical (unpaired) electrons. The van der Waals surface area contributed by atoms with Crippen molar-refractivity contribution in [2.45, 2.75) is 26.4 Å². The van der Waals surface area contributed by atoms with Crippen molar-refractivity contribution in [2.24, 2.45) is 13.0 Å². The SMILES string of the molecule is CCc1nn(C)cc1C(O)C(C)C(=O)O. The summed E-state index contributed by atoms with van der Waals surface area (Å²) in [7, 11) is 1.75. The molecular formula is C10H16N2O3. The highest BCUT2D eigenvalue weighted by molar-refractivity contribution is 5.70. The number of carbonyl (C=O) groups is 1. The van der Waals surface area contributed by atoms with Crippen LogP contribution in [0, 0.1) is 5.92 Å². The molecule has 0 amide bonds. The molecule has 1 aromatic heterocycles. The fraction of sp³-hybridized carbons (Fsp3) is 0.600. The molecule has 0 fully saturated rings. The predicted molar refractivity (Wildman–Crippen MR) is 54.3 cm³/mol. The van der Waals surface area contributed by atoms with Gasteiger partial charge in [-0.3, -0.25) is 9.48 Å². The van der Waals surface area contributed by atoms with Crippen LogP contribution in [0.1, 0.15) is 31.2 Å². The van der Waals surface area contributed by atoms with Crippen LogP contribution in [0.25, 0.3) is 0 Å². The smallest absolute Gasteiger partial charge is 0.309 e. The maximum Gasteiger partial charge on any atom is 0.309 e. The van der Waals surface area contributed by atoms with Gasteiger partial charge in [-0.05, 0) is 13.3 Å². The van der Waals surface area contributed by atoms with Gasteiger partial charge < -0.3 is 10.2 Å². The van der Waals surface area contributed by atoms with Gasteiger partial charge in [0.1, 0.15) is 0 Å². The second-order valence-electron chi connectivity index (χ2n) is 3.63. The highest BCUT2D eigenvalue weighted by Crippen LogP contribution is 2.24. The number of aromatic nitrogens is 2. The van der Waals surface area contributed by atoms with Gasteiger partial charge in [-0.25, -0.2) is 0 Å². The average molecular weight is 212 g/mol. The van der Waals surface area contributed by atoms with Crippen molar-refractivity contribution in [1.29, 1.82) is 0 Å². The zero-order valence-corrected chi connectivity index (χ0v) is 9.14. The van der Waals surface area contributed by atoms with Crippen molar-refractivity contribution in [2.75, 3.05) is 0 Å². The van der Waals surface area contributed by atoms with Crippen molar-refractivity contribution in [1.82, 2.24) is 9.78 Å². The molecule has 5 heteroatoms. The number of aliphatic hydroxyl groups is 1. The van der Waals surface area contributed by atoms with Gasteiger partial charge in [0, 0.05) is 18.8 Å². The molecule has 0 aliphatic carbocycles. The highest BCUT2D eigenvalue weighted by Gasteiger charge is 2.26. The number of hydrogen-bond acceptors (Lipinski definition) is 3. The summed E-state index contributed by atoms with van der Waals surface area (Å²) >= 11 is 0. The highest BCUT2D eigenvalue weighted by atomic mass is 16.4. The maximum atomic E-state index is 10.7. The topological polar surface area (TPSA) is 75.3 Å². The number of aliphatic hydroxyl groups excluding tert-OH is 1. The Labute approximate surface area is 88.3 Å². The molecule has 0 bridgehead atoms. The predicted octanol–water partition coefficient (Wildman–Crippen LogP) is 0.737. The van der Waals surface area contributed by atoms with Gasteiger partial charge >= 0.3 is 5.97 Å². The van der Waals surface area contributed by atoms with Crippen LogP contribution < -0.4 is 0 Å². The Bertz CT molecular complexity index is 360. The molecule has 0 saturated heterocycles. The van der Waals surface area contributed by atoms with E-state index in [1.807, 2.05) is 6.92 Å². The van der Waals surface area contributed by atoms with Gasteiger partial charge in [0.25, 0.3) is 0 Å². The first-order valence-electron chi connectivity index (χ1n) is 4.90. The monoisotopic (exact) mass is 212 g/mol. The van der Waals surface area contributed by atoms with E-state index in [2.05, 4.69) is 5.10 Å². The van der Waals surface area contributed by atoms with Crippen LogP contribution in [-0.4, -0.2) is 26.0 Å². The Hall–Kier alpha value is -1.36. The van der Waals surface area contributed by atoms with Crippen LogP contribution in [0.2, 0.25) is 0 Å². The van der Waals surface area contributed by atoms with Crippen molar-refractivity contribution in [3.05, 3.63) is 17.5 Å². The first kappa shape index (κ1) is 11.7. The van der Waals surface area contributed by atoms with Gasteiger partial charge in [-0.1, -0.05) is 6.92 Å². The number of rotatable bonds is 4. The molecule has 0 aliphatic heterocycles. The number of carboxylic acids is 1. The summed E-state index contributed by atoms with van der Waals surface area (Å²) in [6.45, 7) is 3.41. The lowest BCUT2D eigenvalue weighted by molar-refractivity contribution is -0.145. The second-order valence-corrected chi connectivity index (χ2v) is 3.63. The van der Waals surface area contributed by atoms with E-state index in [0.717, 1.165) is 5.69 Å². The molecule has 2 unspecified atom stereocenters. The Kier molecular flexibility index (Phi) is 3.47. The Morgan fingerprint density at radius 1 is 1.67 bits per heavy atom. The van der Waals surface area contributed by atoms with E-state index in [-0.39, 0.29) is 0 Å². The lowest BCUT2D eigenvalue weighted by Gasteiger charge is -2.14. The minimum absolute atomic E-state index is 0.606. The van der Waals surface area contributed by atoms with E-state index < -0.39 is 18.0 Å². The minimum Gasteiger partial charge on any atom is -0.481 e. The van der Waals surface area contributed by atoms with E-state index in [0.29, 0.717) is 12.0 Å². The minimum atomic E-state index is -1.01. The normalized spacial score (nSPS) is 14.9. The van der Waals surface area contributed by atoms with E-state index in [9.17, 15) is 9.90 Å². The van der Waals surface area contributed by atoms with Gasteiger partial charge in [0.2, 0.25) is 0 Å². The Balaban J connectivity index is 2.99. The fourth-order valence-corrected chi connectivity index (χ4v) is 1.48. The third-order valence-corrected chi connectivity index (χ3v) is 2.45. The third-order valence-electron chi connectivity index (χ3n) is 2.45. The summed E-state index contributed by atoms with van der Waals surface area (Å²) in [6.07, 6.45) is 1.36. The van der Waals surface area contributed by atoms with Crippen molar-refractivity contribution in [3.8, 4) is 0 Å². The largest absolute Gasteiger partial charge is 0.481 e. The maximum absolute atomic E-state index is 10.7. The van der Waals surface area contributed by atoms with E-state index in [1.54, 1.807) is 17.9 Å². The van der Waals surface area contributed by atoms with Gasteiger partial charge in [0.05, 0.1) is 17.7 Å². The number of nitrogens with zero attached hydrogens (tertiary/aromatic N) is 2. The molecule has 15 heavy (non-hydrogen) atoms. The Morgan fingerprint density at radius 2 is 2.27 bits per heavy atom. The molecule has 0 saturated carbocycles. The molecule has 2 N–H and O–H groups in total. The van der Waals surface area contributed by atoms with Crippen LogP contribution >= 0.6 is 0 Å². The number of carboxylic acid groups (broad SMARTS) is 1. The molecule has 5 nitrogen and oxygen atoms in total. The van der Waals surface area contributed by atoms with Crippen LogP contribution in [-0.2, 0) is 18.3 Å². The summed E-state index contributed by atoms with van der Waals surface area (Å²) in [4.78, 5) is 10.7. The molecule has 84 valence electrons. The zero-order chi connectivity index (χ0) is 11.6. The van der Waals surface area contributed by atoms with Crippen LogP contribution in [0.3, 0.4) is 0 Å². The average Bonchev–Trinajstić information content (AvgIpc) is 2.57. The number of aliphatic carboxylic acids is 1. The third kappa shape index (κ3) is 2.36. The molecule has 1 aromatic rings. The van der Waals surface area contributed by atoms with Crippen molar-refractivity contribution >= 4 is 5.97 Å². The number of hydrogen-bond donors (Lipinski definition) is 2. The lowest BCUT2D eigenvalue weighted by Crippen LogP contribution is -2.19. The molecule has 0 aliphatic rings. The van der Waals surface area contributed by atoms with Gasteiger partial charge in [-0.2, -0.15) is 5.10 Å².